The molecule has 0 aliphatic rings. The first-order valence-corrected chi connectivity index (χ1v) is 14.6. The number of aromatic nitrogens is 1. The minimum atomic E-state index is -3.86. The quantitative estimate of drug-likeness (QED) is 0.431. The molecule has 0 radical (unpaired) electrons. The summed E-state index contributed by atoms with van der Waals surface area (Å²) < 4.78 is 50.9. The highest BCUT2D eigenvalue weighted by Gasteiger charge is 2.26. The number of pyridine rings is 1. The molecule has 37 heavy (non-hydrogen) atoms. The molecule has 7 nitrogen and oxygen atoms in total. The summed E-state index contributed by atoms with van der Waals surface area (Å²) in [6, 6.07) is 11.1. The molecule has 0 saturated carbocycles. The van der Waals surface area contributed by atoms with Crippen LogP contribution in [-0.2, 0) is 33.6 Å². The first-order chi connectivity index (χ1) is 17.1. The molecule has 2 aromatic carbocycles. The van der Waals surface area contributed by atoms with Gasteiger partial charge in [-0.25, -0.2) is 17.9 Å². The molecule has 0 bridgehead atoms. The maximum absolute atomic E-state index is 13.5. The largest absolute Gasteiger partial charge is 0.318 e. The number of sulfonamides is 1. The number of ketones is 1. The number of hydrogen-bond acceptors (Lipinski definition) is 5. The van der Waals surface area contributed by atoms with Crippen molar-refractivity contribution in [3.8, 4) is 11.1 Å². The minimum absolute atomic E-state index is 0.244. The molecule has 0 saturated heterocycles. The van der Waals surface area contributed by atoms with Gasteiger partial charge in [-0.1, -0.05) is 19.1 Å². The van der Waals surface area contributed by atoms with Crippen LogP contribution < -0.4 is 10.7 Å². The van der Waals surface area contributed by atoms with Crippen molar-refractivity contribution in [2.24, 2.45) is 12.2 Å². The van der Waals surface area contributed by atoms with Crippen LogP contribution in [0.15, 0.2) is 59.5 Å². The Morgan fingerprint density at radius 3 is 2.27 bits per heavy atom. The summed E-state index contributed by atoms with van der Waals surface area (Å²) in [5.41, 5.74) is 2.08. The summed E-state index contributed by atoms with van der Waals surface area (Å²) >= 11 is 0. The van der Waals surface area contributed by atoms with Crippen molar-refractivity contribution >= 4 is 26.6 Å². The smallest absolute Gasteiger partial charge is 0.250 e. The van der Waals surface area contributed by atoms with Gasteiger partial charge in [0.2, 0.25) is 10.0 Å². The average molecular weight is 547 g/mol. The first kappa shape index (κ1) is 28.6. The molecular formula is C27H31FN2O5S2. The van der Waals surface area contributed by atoms with Gasteiger partial charge in [0.25, 0.3) is 5.56 Å². The van der Waals surface area contributed by atoms with E-state index in [2.05, 4.69) is 0 Å². The van der Waals surface area contributed by atoms with E-state index in [1.807, 2.05) is 27.7 Å². The predicted molar refractivity (Wildman–Crippen MR) is 145 cm³/mol. The van der Waals surface area contributed by atoms with Gasteiger partial charge < -0.3 is 4.57 Å². The zero-order chi connectivity index (χ0) is 27.7. The third kappa shape index (κ3) is 7.09. The molecule has 0 fully saturated rings. The Bertz CT molecular complexity index is 1520. The van der Waals surface area contributed by atoms with Gasteiger partial charge in [-0.15, -0.1) is 0 Å². The molecule has 1 heterocycles. The number of carbonyl (C=O) groups is 1. The number of carbonyl (C=O) groups excluding carboxylic acids is 1. The molecule has 2 atom stereocenters. The van der Waals surface area contributed by atoms with E-state index in [0.29, 0.717) is 22.3 Å². The lowest BCUT2D eigenvalue weighted by Crippen LogP contribution is -2.27. The zero-order valence-electron chi connectivity index (χ0n) is 21.4. The fourth-order valence-electron chi connectivity index (χ4n) is 3.94. The molecule has 3 aromatic rings. The van der Waals surface area contributed by atoms with Crippen molar-refractivity contribution in [2.75, 3.05) is 5.75 Å². The lowest BCUT2D eigenvalue weighted by Gasteiger charge is -2.23. The third-order valence-electron chi connectivity index (χ3n) is 5.97. The average Bonchev–Trinajstić information content (AvgIpc) is 2.78. The number of aryl methyl sites for hydroxylation is 1. The molecule has 1 aromatic heterocycles. The Hall–Kier alpha value is -2.95. The van der Waals surface area contributed by atoms with Crippen molar-refractivity contribution < 1.29 is 21.8 Å². The van der Waals surface area contributed by atoms with Gasteiger partial charge in [-0.2, -0.15) is 0 Å². The summed E-state index contributed by atoms with van der Waals surface area (Å²) in [4.78, 5) is 26.1. The normalized spacial score (nSPS) is 13.8. The molecule has 0 amide bonds. The summed E-state index contributed by atoms with van der Waals surface area (Å²) in [5, 5.41) is 5.27. The highest BCUT2D eigenvalue weighted by molar-refractivity contribution is 7.88. The zero-order valence-corrected chi connectivity index (χ0v) is 23.1. The monoisotopic (exact) mass is 546 g/mol. The molecule has 0 spiro atoms. The van der Waals surface area contributed by atoms with E-state index < -0.39 is 42.9 Å². The standard InChI is InChI=1S/C27H31FN2O5S2/c1-17(15-36(33)27(2,3)4)22-13-25(31)30(5)14-24(22)23-12-18(16-37(29,34)35)6-11-21(23)26(32)19-7-9-20(28)10-8-19/h6-14,17H,15-16H2,1-5H3,(H2,29,34,35)/t17-,36-/m1/s1. The van der Waals surface area contributed by atoms with E-state index in [1.54, 1.807) is 19.3 Å². The number of halogens is 1. The highest BCUT2D eigenvalue weighted by atomic mass is 32.2. The number of nitrogens with zero attached hydrogens (tertiary/aromatic N) is 1. The second-order valence-electron chi connectivity index (χ2n) is 10.1. The van der Waals surface area contributed by atoms with Crippen molar-refractivity contribution in [3.63, 3.8) is 0 Å². The Morgan fingerprint density at radius 1 is 1.08 bits per heavy atom. The molecule has 198 valence electrons. The van der Waals surface area contributed by atoms with Crippen LogP contribution in [0.5, 0.6) is 0 Å². The van der Waals surface area contributed by atoms with Gasteiger partial charge in [0.1, 0.15) is 5.82 Å². The van der Waals surface area contributed by atoms with Gasteiger partial charge >= 0.3 is 0 Å². The van der Waals surface area contributed by atoms with E-state index in [9.17, 15) is 26.6 Å². The third-order valence-corrected chi connectivity index (χ3v) is 8.87. The minimum Gasteiger partial charge on any atom is -0.318 e. The van der Waals surface area contributed by atoms with Crippen LogP contribution >= 0.6 is 0 Å². The van der Waals surface area contributed by atoms with Crippen molar-refractivity contribution in [1.29, 1.82) is 0 Å². The molecule has 10 heteroatoms. The molecule has 3 rings (SSSR count). The molecule has 0 aliphatic heterocycles. The Morgan fingerprint density at radius 2 is 1.70 bits per heavy atom. The fraction of sp³-hybridized carbons (Fsp3) is 0.333. The summed E-state index contributed by atoms with van der Waals surface area (Å²) in [6.45, 7) is 7.47. The van der Waals surface area contributed by atoms with E-state index in [4.69, 9.17) is 5.14 Å². The fourth-order valence-corrected chi connectivity index (χ4v) is 5.71. The van der Waals surface area contributed by atoms with Gasteiger partial charge in [0.05, 0.1) is 5.75 Å². The van der Waals surface area contributed by atoms with Crippen molar-refractivity contribution in [2.45, 2.75) is 44.1 Å². The lowest BCUT2D eigenvalue weighted by molar-refractivity contribution is 0.103. The predicted octanol–water partition coefficient (Wildman–Crippen LogP) is 3.86. The molecule has 0 aliphatic carbocycles. The van der Waals surface area contributed by atoms with E-state index in [-0.39, 0.29) is 28.4 Å². The molecule has 2 N–H and O–H groups in total. The number of rotatable bonds is 8. The second-order valence-corrected chi connectivity index (χ2v) is 14.0. The SMILES string of the molecule is C[C@H](C[S@@](=O)C(C)(C)C)c1cc(=O)n(C)cc1-c1cc(CS(N)(=O)=O)ccc1C(=O)c1ccc(F)cc1. The Kier molecular flexibility index (Phi) is 8.36. The van der Waals surface area contributed by atoms with E-state index >= 15 is 0 Å². The second kappa shape index (κ2) is 10.8. The number of nitrogens with two attached hydrogens (primary N) is 1. The maximum atomic E-state index is 13.5. The summed E-state index contributed by atoms with van der Waals surface area (Å²) in [5.74, 6) is -1.37. The summed E-state index contributed by atoms with van der Waals surface area (Å²) in [7, 11) is -3.50. The van der Waals surface area contributed by atoms with Crippen molar-refractivity contribution in [1.82, 2.24) is 4.57 Å². The van der Waals surface area contributed by atoms with E-state index in [1.165, 1.54) is 47.0 Å². The molecular weight excluding hydrogens is 515 g/mol. The number of benzene rings is 2. The van der Waals surface area contributed by atoms with Gasteiger partial charge in [-0.05, 0) is 73.7 Å². The van der Waals surface area contributed by atoms with Gasteiger partial charge in [0, 0.05) is 57.3 Å². The number of hydrogen-bond donors (Lipinski definition) is 1. The van der Waals surface area contributed by atoms with Crippen LogP contribution in [0.4, 0.5) is 4.39 Å². The maximum Gasteiger partial charge on any atom is 0.250 e. The van der Waals surface area contributed by atoms with Crippen LogP contribution in [0.2, 0.25) is 0 Å². The Labute approximate surface area is 219 Å². The lowest BCUT2D eigenvalue weighted by atomic mass is 9.88. The first-order valence-electron chi connectivity index (χ1n) is 11.6. The van der Waals surface area contributed by atoms with Crippen LogP contribution in [0, 0.1) is 5.82 Å². The topological polar surface area (TPSA) is 116 Å². The number of primary sulfonamides is 1. The molecule has 0 unspecified atom stereocenters. The highest BCUT2D eigenvalue weighted by Crippen LogP contribution is 2.34. The van der Waals surface area contributed by atoms with E-state index in [0.717, 1.165) is 0 Å². The van der Waals surface area contributed by atoms with Gasteiger partial charge in [-0.3, -0.25) is 13.8 Å². The van der Waals surface area contributed by atoms with Crippen molar-refractivity contribution in [3.05, 3.63) is 93.2 Å². The van der Waals surface area contributed by atoms with Gasteiger partial charge in [0.15, 0.2) is 5.78 Å². The van der Waals surface area contributed by atoms with Crippen LogP contribution in [-0.4, -0.2) is 33.5 Å². The summed E-state index contributed by atoms with van der Waals surface area (Å²) in [6.07, 6.45) is 1.59. The van der Waals surface area contributed by atoms with Crippen LogP contribution in [0.25, 0.3) is 11.1 Å². The Balaban J connectivity index is 2.27. The van der Waals surface area contributed by atoms with Crippen LogP contribution in [0.1, 0.15) is 60.7 Å². The van der Waals surface area contributed by atoms with Crippen LogP contribution in [0.3, 0.4) is 0 Å².